The first-order chi connectivity index (χ1) is 14.5. The molecular weight excluding hydrogens is 379 g/mol. The summed E-state index contributed by atoms with van der Waals surface area (Å²) in [6.07, 6.45) is 0.954. The number of hydrogen-bond acceptors (Lipinski definition) is 3. The largest absolute Gasteiger partial charge is 0.352 e. The lowest BCUT2D eigenvalue weighted by Gasteiger charge is -2.11. The molecule has 6 heteroatoms. The van der Waals surface area contributed by atoms with E-state index in [9.17, 15) is 9.18 Å². The van der Waals surface area contributed by atoms with Gasteiger partial charge in [-0.3, -0.25) is 4.79 Å². The van der Waals surface area contributed by atoms with Gasteiger partial charge in [-0.15, -0.1) is 0 Å². The summed E-state index contributed by atoms with van der Waals surface area (Å²) in [4.78, 5) is 17.0. The molecule has 0 saturated heterocycles. The van der Waals surface area contributed by atoms with Crippen molar-refractivity contribution in [2.45, 2.75) is 33.2 Å². The lowest BCUT2D eigenvalue weighted by molar-refractivity contribution is -0.121. The highest BCUT2D eigenvalue weighted by molar-refractivity contribution is 5.76. The minimum atomic E-state index is -0.298. The molecule has 2 heterocycles. The predicted molar refractivity (Wildman–Crippen MR) is 114 cm³/mol. The van der Waals surface area contributed by atoms with Crippen molar-refractivity contribution in [3.63, 3.8) is 0 Å². The third kappa shape index (κ3) is 4.22. The maximum atomic E-state index is 13.6. The van der Waals surface area contributed by atoms with Crippen LogP contribution in [-0.4, -0.2) is 20.5 Å². The molecule has 0 aliphatic rings. The number of hydrogen-bond donors (Lipinski definition) is 1. The number of benzene rings is 2. The fourth-order valence-corrected chi connectivity index (χ4v) is 3.60. The minimum absolute atomic E-state index is 0.00124. The number of fused-ring (bicyclic) bond motifs is 1. The van der Waals surface area contributed by atoms with E-state index in [4.69, 9.17) is 0 Å². The van der Waals surface area contributed by atoms with Crippen LogP contribution in [0.5, 0.6) is 0 Å². The molecular formula is C24H23FN4O. The smallest absolute Gasteiger partial charge is 0.220 e. The van der Waals surface area contributed by atoms with Gasteiger partial charge >= 0.3 is 0 Å². The number of nitrogens with one attached hydrogen (secondary N) is 1. The summed E-state index contributed by atoms with van der Waals surface area (Å²) in [7, 11) is 0. The van der Waals surface area contributed by atoms with Gasteiger partial charge in [-0.25, -0.2) is 13.9 Å². The first-order valence-electron chi connectivity index (χ1n) is 9.93. The number of amides is 1. The molecule has 1 N–H and O–H groups in total. The predicted octanol–water partition coefficient (Wildman–Crippen LogP) is 4.40. The standard InChI is InChI=1S/C24H23FN4O/c1-16-21(11-12-24(30)26-15-18-7-4-3-5-8-18)17(2)29-23(27-16)14-22(28-29)19-9-6-10-20(25)13-19/h3-10,13-14H,11-12,15H2,1-2H3,(H,26,30). The summed E-state index contributed by atoms with van der Waals surface area (Å²) in [5.74, 6) is -0.300. The van der Waals surface area contributed by atoms with Crippen molar-refractivity contribution < 1.29 is 9.18 Å². The molecule has 0 aliphatic heterocycles. The molecule has 0 radical (unpaired) electrons. The van der Waals surface area contributed by atoms with E-state index in [1.54, 1.807) is 10.6 Å². The highest BCUT2D eigenvalue weighted by Gasteiger charge is 2.14. The fourth-order valence-electron chi connectivity index (χ4n) is 3.60. The van der Waals surface area contributed by atoms with Gasteiger partial charge in [0.25, 0.3) is 0 Å². The van der Waals surface area contributed by atoms with Gasteiger partial charge in [0.1, 0.15) is 5.82 Å². The first kappa shape index (κ1) is 19.8. The molecule has 2 aromatic heterocycles. The third-order valence-electron chi connectivity index (χ3n) is 5.22. The molecule has 4 rings (SSSR count). The minimum Gasteiger partial charge on any atom is -0.352 e. The zero-order valence-electron chi connectivity index (χ0n) is 17.0. The second-order valence-corrected chi connectivity index (χ2v) is 7.33. The zero-order valence-corrected chi connectivity index (χ0v) is 17.0. The number of aryl methyl sites for hydroxylation is 2. The monoisotopic (exact) mass is 402 g/mol. The topological polar surface area (TPSA) is 59.3 Å². The Balaban J connectivity index is 1.50. The maximum absolute atomic E-state index is 13.6. The first-order valence-corrected chi connectivity index (χ1v) is 9.93. The SMILES string of the molecule is Cc1nc2cc(-c3cccc(F)c3)nn2c(C)c1CCC(=O)NCc1ccccc1. The molecule has 0 atom stereocenters. The average molecular weight is 402 g/mol. The molecule has 0 aliphatic carbocycles. The Kier molecular flexibility index (Phi) is 5.57. The Hall–Kier alpha value is -3.54. The van der Waals surface area contributed by atoms with Gasteiger partial charge in [0, 0.05) is 36.0 Å². The van der Waals surface area contributed by atoms with E-state index in [1.807, 2.05) is 56.3 Å². The number of carbonyl (C=O) groups excluding carboxylic acids is 1. The van der Waals surface area contributed by atoms with Crippen LogP contribution in [0.3, 0.4) is 0 Å². The van der Waals surface area contributed by atoms with Crippen molar-refractivity contribution in [1.29, 1.82) is 0 Å². The molecule has 0 unspecified atom stereocenters. The molecule has 152 valence electrons. The van der Waals surface area contributed by atoms with Gasteiger partial charge < -0.3 is 5.32 Å². The van der Waals surface area contributed by atoms with Crippen LogP contribution in [0.25, 0.3) is 16.9 Å². The Labute approximate surface area is 174 Å². The Bertz CT molecular complexity index is 1200. The molecule has 4 aromatic rings. The summed E-state index contributed by atoms with van der Waals surface area (Å²) >= 11 is 0. The van der Waals surface area contributed by atoms with E-state index < -0.39 is 0 Å². The van der Waals surface area contributed by atoms with Gasteiger partial charge in [0.05, 0.1) is 5.69 Å². The van der Waals surface area contributed by atoms with E-state index in [2.05, 4.69) is 15.4 Å². The summed E-state index contributed by atoms with van der Waals surface area (Å²) in [6, 6.07) is 18.1. The maximum Gasteiger partial charge on any atom is 0.220 e. The fraction of sp³-hybridized carbons (Fsp3) is 0.208. The molecule has 2 aromatic carbocycles. The Morgan fingerprint density at radius 1 is 1.07 bits per heavy atom. The number of aromatic nitrogens is 3. The van der Waals surface area contributed by atoms with Crippen molar-refractivity contribution in [3.8, 4) is 11.3 Å². The van der Waals surface area contributed by atoms with Gasteiger partial charge in [-0.2, -0.15) is 5.10 Å². The van der Waals surface area contributed by atoms with E-state index in [1.165, 1.54) is 12.1 Å². The number of nitrogens with zero attached hydrogens (tertiary/aromatic N) is 3. The lowest BCUT2D eigenvalue weighted by Crippen LogP contribution is -2.23. The molecule has 30 heavy (non-hydrogen) atoms. The van der Waals surface area contributed by atoms with Gasteiger partial charge in [-0.1, -0.05) is 42.5 Å². The molecule has 0 spiro atoms. The number of carbonyl (C=O) groups is 1. The van der Waals surface area contributed by atoms with Crippen LogP contribution in [-0.2, 0) is 17.8 Å². The summed E-state index contributed by atoms with van der Waals surface area (Å²) < 4.78 is 15.3. The highest BCUT2D eigenvalue weighted by atomic mass is 19.1. The molecule has 0 saturated carbocycles. The van der Waals surface area contributed by atoms with Gasteiger partial charge in [0.2, 0.25) is 5.91 Å². The quantitative estimate of drug-likeness (QED) is 0.520. The molecule has 0 bridgehead atoms. The Morgan fingerprint density at radius 2 is 1.87 bits per heavy atom. The van der Waals surface area contributed by atoms with Crippen LogP contribution in [0.4, 0.5) is 4.39 Å². The van der Waals surface area contributed by atoms with Crippen molar-refractivity contribution >= 4 is 11.6 Å². The zero-order chi connectivity index (χ0) is 21.1. The lowest BCUT2D eigenvalue weighted by atomic mass is 10.1. The van der Waals surface area contributed by atoms with Crippen molar-refractivity contribution in [1.82, 2.24) is 19.9 Å². The second-order valence-electron chi connectivity index (χ2n) is 7.33. The van der Waals surface area contributed by atoms with Gasteiger partial charge in [-0.05, 0) is 43.5 Å². The number of halogens is 1. The second kappa shape index (κ2) is 8.45. The van der Waals surface area contributed by atoms with Crippen LogP contribution in [0.2, 0.25) is 0 Å². The average Bonchev–Trinajstić information content (AvgIpc) is 3.17. The molecule has 1 amide bonds. The van der Waals surface area contributed by atoms with E-state index >= 15 is 0 Å². The number of rotatable bonds is 6. The summed E-state index contributed by atoms with van der Waals surface area (Å²) in [5, 5.41) is 7.57. The van der Waals surface area contributed by atoms with Crippen LogP contribution in [0.15, 0.2) is 60.7 Å². The van der Waals surface area contributed by atoms with E-state index in [0.29, 0.717) is 36.3 Å². The Morgan fingerprint density at radius 3 is 2.63 bits per heavy atom. The third-order valence-corrected chi connectivity index (χ3v) is 5.22. The van der Waals surface area contributed by atoms with Crippen LogP contribution in [0, 0.1) is 19.7 Å². The van der Waals surface area contributed by atoms with Crippen molar-refractivity contribution in [2.24, 2.45) is 0 Å². The normalized spacial score (nSPS) is 11.0. The van der Waals surface area contributed by atoms with Crippen LogP contribution in [0.1, 0.15) is 28.9 Å². The van der Waals surface area contributed by atoms with Crippen molar-refractivity contribution in [3.05, 3.63) is 89.0 Å². The van der Waals surface area contributed by atoms with Crippen LogP contribution < -0.4 is 5.32 Å². The van der Waals surface area contributed by atoms with Gasteiger partial charge in [0.15, 0.2) is 5.65 Å². The molecule has 0 fully saturated rings. The van der Waals surface area contributed by atoms with Crippen LogP contribution >= 0.6 is 0 Å². The summed E-state index contributed by atoms with van der Waals surface area (Å²) in [5.41, 5.74) is 5.98. The molecule has 5 nitrogen and oxygen atoms in total. The van der Waals surface area contributed by atoms with E-state index in [-0.39, 0.29) is 11.7 Å². The van der Waals surface area contributed by atoms with Crippen molar-refractivity contribution in [2.75, 3.05) is 0 Å². The highest BCUT2D eigenvalue weighted by Crippen LogP contribution is 2.23. The summed E-state index contributed by atoms with van der Waals surface area (Å²) in [6.45, 7) is 4.44. The van der Waals surface area contributed by atoms with E-state index in [0.717, 1.165) is 22.5 Å².